The van der Waals surface area contributed by atoms with Gasteiger partial charge in [0.05, 0.1) is 28.3 Å². The van der Waals surface area contributed by atoms with Gasteiger partial charge in [0.15, 0.2) is 15.0 Å². The number of allylic oxidation sites excluding steroid dienone is 1. The fourth-order valence-corrected chi connectivity index (χ4v) is 7.33. The van der Waals surface area contributed by atoms with Crippen LogP contribution in [0.4, 0.5) is 0 Å². The molecule has 0 spiro atoms. The predicted octanol–water partition coefficient (Wildman–Crippen LogP) is 3.66. The molecule has 0 bridgehead atoms. The number of para-hydroxylation sites is 2. The lowest BCUT2D eigenvalue weighted by Gasteiger charge is -2.38. The summed E-state index contributed by atoms with van der Waals surface area (Å²) in [7, 11) is -3.04. The average molecular weight is 448 g/mol. The monoisotopic (exact) mass is 447 g/mol. The van der Waals surface area contributed by atoms with Crippen molar-refractivity contribution in [2.24, 2.45) is 0 Å². The minimum atomic E-state index is -3.04. The van der Waals surface area contributed by atoms with Crippen LogP contribution in [0.2, 0.25) is 0 Å². The van der Waals surface area contributed by atoms with Gasteiger partial charge in [-0.3, -0.25) is 4.79 Å². The molecule has 1 aliphatic carbocycles. The van der Waals surface area contributed by atoms with Crippen LogP contribution in [0, 0.1) is 0 Å². The summed E-state index contributed by atoms with van der Waals surface area (Å²) in [6.45, 7) is 4.47. The molecule has 1 atom stereocenters. The topological polar surface area (TPSA) is 72.3 Å². The predicted molar refractivity (Wildman–Crippen MR) is 121 cm³/mol. The van der Waals surface area contributed by atoms with E-state index in [9.17, 15) is 13.2 Å². The van der Waals surface area contributed by atoms with Gasteiger partial charge >= 0.3 is 0 Å². The van der Waals surface area contributed by atoms with Crippen LogP contribution in [0.15, 0.2) is 42.1 Å². The van der Waals surface area contributed by atoms with Crippen molar-refractivity contribution in [3.05, 3.63) is 36.9 Å². The van der Waals surface area contributed by atoms with Gasteiger partial charge in [-0.25, -0.2) is 13.4 Å². The number of aromatic nitrogens is 2. The third-order valence-corrected chi connectivity index (χ3v) is 8.83. The Balaban J connectivity index is 1.53. The number of amides is 1. The molecule has 1 amide bonds. The van der Waals surface area contributed by atoms with E-state index in [1.165, 1.54) is 18.2 Å². The van der Waals surface area contributed by atoms with Crippen molar-refractivity contribution >= 4 is 38.5 Å². The lowest BCUT2D eigenvalue weighted by molar-refractivity contribution is -0.133. The molecule has 1 saturated heterocycles. The first kappa shape index (κ1) is 21.4. The van der Waals surface area contributed by atoms with Crippen molar-refractivity contribution in [1.82, 2.24) is 14.5 Å². The third kappa shape index (κ3) is 4.59. The van der Waals surface area contributed by atoms with Gasteiger partial charge < -0.3 is 9.47 Å². The molecule has 0 N–H and O–H groups in total. The molecule has 2 aromatic rings. The number of nitrogens with zero attached hydrogens (tertiary/aromatic N) is 3. The molecule has 2 fully saturated rings. The highest BCUT2D eigenvalue weighted by atomic mass is 32.2. The minimum absolute atomic E-state index is 0.0335. The van der Waals surface area contributed by atoms with Gasteiger partial charge in [0.25, 0.3) is 0 Å². The maximum atomic E-state index is 13.4. The van der Waals surface area contributed by atoms with E-state index in [1.54, 1.807) is 0 Å². The van der Waals surface area contributed by atoms with Gasteiger partial charge in [0.2, 0.25) is 5.91 Å². The zero-order chi connectivity index (χ0) is 21.1. The fraction of sp³-hybridized carbons (Fsp3) is 0.545. The summed E-state index contributed by atoms with van der Waals surface area (Å²) in [5.74, 6) is 0.602. The highest BCUT2D eigenvalue weighted by Crippen LogP contribution is 2.30. The second-order valence-electron chi connectivity index (χ2n) is 8.22. The first-order valence-corrected chi connectivity index (χ1v) is 13.5. The standard InChI is InChI=1S/C22H29N3O3S2/c1-2-13-24-20-11-7-6-10-19(20)23-22(24)29-15-21(26)25(17-8-4-3-5-9-17)18-12-14-30(27,28)16-18/h2,6-7,10-11,17-18H,1,3-5,8-9,12-16H2. The van der Waals surface area contributed by atoms with Crippen molar-refractivity contribution in [2.45, 2.75) is 62.3 Å². The van der Waals surface area contributed by atoms with E-state index in [0.717, 1.165) is 41.9 Å². The summed E-state index contributed by atoms with van der Waals surface area (Å²) in [5.41, 5.74) is 1.93. The molecular weight excluding hydrogens is 418 g/mol. The number of sulfone groups is 1. The van der Waals surface area contributed by atoms with E-state index >= 15 is 0 Å². The maximum absolute atomic E-state index is 13.4. The molecule has 1 saturated carbocycles. The van der Waals surface area contributed by atoms with Gasteiger partial charge in [-0.15, -0.1) is 6.58 Å². The molecule has 30 heavy (non-hydrogen) atoms. The summed E-state index contributed by atoms with van der Waals surface area (Å²) in [5, 5.41) is 0.798. The molecule has 0 radical (unpaired) electrons. The van der Waals surface area contributed by atoms with Crippen molar-refractivity contribution < 1.29 is 13.2 Å². The molecule has 6 nitrogen and oxygen atoms in total. The van der Waals surface area contributed by atoms with Crippen LogP contribution in [0.3, 0.4) is 0 Å². The Morgan fingerprint density at radius 1 is 1.20 bits per heavy atom. The van der Waals surface area contributed by atoms with Gasteiger partial charge in [-0.05, 0) is 31.4 Å². The first-order chi connectivity index (χ1) is 14.5. The first-order valence-electron chi connectivity index (χ1n) is 10.7. The number of hydrogen-bond acceptors (Lipinski definition) is 5. The molecule has 4 rings (SSSR count). The Morgan fingerprint density at radius 3 is 2.67 bits per heavy atom. The molecule has 162 valence electrons. The quantitative estimate of drug-likeness (QED) is 0.478. The summed E-state index contributed by atoms with van der Waals surface area (Å²) >= 11 is 1.44. The molecule has 1 aromatic carbocycles. The molecular formula is C22H29N3O3S2. The lowest BCUT2D eigenvalue weighted by atomic mass is 9.93. The lowest BCUT2D eigenvalue weighted by Crippen LogP contribution is -2.49. The normalized spacial score (nSPS) is 21.7. The molecule has 1 aliphatic heterocycles. The largest absolute Gasteiger partial charge is 0.335 e. The van der Waals surface area contributed by atoms with E-state index in [-0.39, 0.29) is 35.2 Å². The smallest absolute Gasteiger partial charge is 0.233 e. The second-order valence-corrected chi connectivity index (χ2v) is 11.4. The van der Waals surface area contributed by atoms with Crippen molar-refractivity contribution in [1.29, 1.82) is 0 Å². The van der Waals surface area contributed by atoms with Gasteiger partial charge in [0.1, 0.15) is 0 Å². The van der Waals surface area contributed by atoms with Gasteiger partial charge in [-0.1, -0.05) is 49.2 Å². The number of imidazole rings is 1. The average Bonchev–Trinajstić information content (AvgIpc) is 3.27. The number of hydrogen-bond donors (Lipinski definition) is 0. The molecule has 2 aliphatic rings. The maximum Gasteiger partial charge on any atom is 0.233 e. The van der Waals surface area contributed by atoms with Crippen LogP contribution >= 0.6 is 11.8 Å². The Bertz CT molecular complexity index is 1030. The zero-order valence-electron chi connectivity index (χ0n) is 17.2. The van der Waals surface area contributed by atoms with E-state index in [1.807, 2.05) is 35.2 Å². The van der Waals surface area contributed by atoms with Gasteiger partial charge in [-0.2, -0.15) is 0 Å². The fourth-order valence-electron chi connectivity index (χ4n) is 4.73. The van der Waals surface area contributed by atoms with Crippen LogP contribution in [0.5, 0.6) is 0 Å². The Labute approximate surface area is 182 Å². The molecule has 8 heteroatoms. The number of benzene rings is 1. The van der Waals surface area contributed by atoms with E-state index in [2.05, 4.69) is 11.1 Å². The Kier molecular flexibility index (Phi) is 6.53. The number of carbonyl (C=O) groups is 1. The van der Waals surface area contributed by atoms with Crippen LogP contribution in [0.25, 0.3) is 11.0 Å². The Morgan fingerprint density at radius 2 is 1.97 bits per heavy atom. The van der Waals surface area contributed by atoms with Crippen LogP contribution < -0.4 is 0 Å². The molecule has 1 aromatic heterocycles. The number of fused-ring (bicyclic) bond motifs is 1. The van der Waals surface area contributed by atoms with Crippen LogP contribution in [-0.2, 0) is 21.2 Å². The summed E-state index contributed by atoms with van der Waals surface area (Å²) in [6.07, 6.45) is 7.75. The van der Waals surface area contributed by atoms with E-state index in [0.29, 0.717) is 13.0 Å². The van der Waals surface area contributed by atoms with Crippen molar-refractivity contribution in [2.75, 3.05) is 17.3 Å². The third-order valence-electron chi connectivity index (χ3n) is 6.11. The van der Waals surface area contributed by atoms with Gasteiger partial charge in [0, 0.05) is 18.6 Å². The second kappa shape index (κ2) is 9.14. The summed E-state index contributed by atoms with van der Waals surface area (Å²) in [6, 6.07) is 7.91. The number of thioether (sulfide) groups is 1. The van der Waals surface area contributed by atoms with E-state index < -0.39 is 9.84 Å². The Hall–Kier alpha value is -1.80. The minimum Gasteiger partial charge on any atom is -0.335 e. The SMILES string of the molecule is C=CCn1c(SCC(=O)N(C2CCCCC2)C2CCS(=O)(=O)C2)nc2ccccc21. The zero-order valence-corrected chi connectivity index (χ0v) is 18.8. The number of carbonyl (C=O) groups excluding carboxylic acids is 1. The van der Waals surface area contributed by atoms with Crippen molar-refractivity contribution in [3.63, 3.8) is 0 Å². The van der Waals surface area contributed by atoms with Crippen LogP contribution in [0.1, 0.15) is 38.5 Å². The highest BCUT2D eigenvalue weighted by molar-refractivity contribution is 7.99. The van der Waals surface area contributed by atoms with Crippen LogP contribution in [-0.4, -0.2) is 58.1 Å². The van der Waals surface area contributed by atoms with Crippen molar-refractivity contribution in [3.8, 4) is 0 Å². The summed E-state index contributed by atoms with van der Waals surface area (Å²) < 4.78 is 26.2. The number of rotatable bonds is 7. The highest BCUT2D eigenvalue weighted by Gasteiger charge is 2.38. The summed E-state index contributed by atoms with van der Waals surface area (Å²) in [4.78, 5) is 20.0. The molecule has 1 unspecified atom stereocenters. The van der Waals surface area contributed by atoms with E-state index in [4.69, 9.17) is 4.98 Å². The molecule has 2 heterocycles.